The minimum atomic E-state index is 0.0690. The van der Waals surface area contributed by atoms with Gasteiger partial charge in [0, 0.05) is 37.8 Å². The van der Waals surface area contributed by atoms with Crippen molar-refractivity contribution in [2.24, 2.45) is 5.92 Å². The van der Waals surface area contributed by atoms with Crippen LogP contribution in [0.2, 0.25) is 0 Å². The Morgan fingerprint density at radius 2 is 1.92 bits per heavy atom. The molecule has 0 radical (unpaired) electrons. The molecular formula is C19H24N4OS. The predicted molar refractivity (Wildman–Crippen MR) is 101 cm³/mol. The number of rotatable bonds is 4. The number of piperazine rings is 1. The van der Waals surface area contributed by atoms with E-state index in [9.17, 15) is 4.79 Å². The number of hydrogen-bond donors (Lipinski definition) is 1. The fourth-order valence-electron chi connectivity index (χ4n) is 3.60. The largest absolute Gasteiger partial charge is 0.345 e. The molecule has 2 heterocycles. The van der Waals surface area contributed by atoms with Crippen LogP contribution in [0.5, 0.6) is 0 Å². The molecule has 5 nitrogen and oxygen atoms in total. The number of nitrogens with zero attached hydrogens (tertiary/aromatic N) is 3. The number of amides is 2. The van der Waals surface area contributed by atoms with Gasteiger partial charge in [-0.1, -0.05) is 36.8 Å². The Kier molecular flexibility index (Phi) is 4.88. The third-order valence-electron chi connectivity index (χ3n) is 5.32. The van der Waals surface area contributed by atoms with Crippen LogP contribution in [-0.2, 0) is 0 Å². The lowest BCUT2D eigenvalue weighted by atomic mass is 9.77. The van der Waals surface area contributed by atoms with Crippen molar-refractivity contribution in [3.63, 3.8) is 0 Å². The maximum Gasteiger partial charge on any atom is 0.318 e. The van der Waals surface area contributed by atoms with E-state index < -0.39 is 0 Å². The first-order chi connectivity index (χ1) is 12.3. The summed E-state index contributed by atoms with van der Waals surface area (Å²) in [5, 5.41) is 6.36. The van der Waals surface area contributed by atoms with Gasteiger partial charge in [-0.05, 0) is 24.3 Å². The number of carbonyl (C=O) groups is 1. The van der Waals surface area contributed by atoms with Gasteiger partial charge >= 0.3 is 6.03 Å². The second kappa shape index (κ2) is 7.44. The van der Waals surface area contributed by atoms with Gasteiger partial charge in [0.05, 0.1) is 6.04 Å². The summed E-state index contributed by atoms with van der Waals surface area (Å²) in [7, 11) is 0. The molecule has 25 heavy (non-hydrogen) atoms. The highest BCUT2D eigenvalue weighted by atomic mass is 32.1. The molecule has 2 aromatic rings. The fraction of sp³-hybridized carbons (Fsp3) is 0.474. The zero-order chi connectivity index (χ0) is 17.1. The van der Waals surface area contributed by atoms with Crippen LogP contribution in [0.3, 0.4) is 0 Å². The predicted octanol–water partition coefficient (Wildman–Crippen LogP) is 3.52. The SMILES string of the molecule is O=C(NC(c1ccccc1)C1CCC1)N1CCN(c2nccs2)CC1. The van der Waals surface area contributed by atoms with Gasteiger partial charge in [-0.3, -0.25) is 0 Å². The number of anilines is 1. The first kappa shape index (κ1) is 16.4. The molecule has 0 spiro atoms. The van der Waals surface area contributed by atoms with Crippen molar-refractivity contribution in [3.05, 3.63) is 47.5 Å². The summed E-state index contributed by atoms with van der Waals surface area (Å²) >= 11 is 1.66. The van der Waals surface area contributed by atoms with Crippen LogP contribution >= 0.6 is 11.3 Å². The Morgan fingerprint density at radius 1 is 1.16 bits per heavy atom. The summed E-state index contributed by atoms with van der Waals surface area (Å²) in [6.07, 6.45) is 5.52. The number of carbonyl (C=O) groups excluding carboxylic acids is 1. The van der Waals surface area contributed by atoms with E-state index in [2.05, 4.69) is 39.5 Å². The number of hydrogen-bond acceptors (Lipinski definition) is 4. The quantitative estimate of drug-likeness (QED) is 0.912. The Balaban J connectivity index is 1.37. The molecule has 1 atom stereocenters. The standard InChI is InChI=1S/C19H24N4OS/c24-18(22-10-12-23(13-11-22)19-20-9-14-25-19)21-17(16-7-4-8-16)15-5-2-1-3-6-15/h1-3,5-6,9,14,16-17H,4,7-8,10-13H2,(H,21,24). The van der Waals surface area contributed by atoms with Crippen molar-refractivity contribution >= 4 is 22.5 Å². The van der Waals surface area contributed by atoms with Crippen molar-refractivity contribution in [2.45, 2.75) is 25.3 Å². The maximum absolute atomic E-state index is 12.8. The molecule has 1 aromatic carbocycles. The van der Waals surface area contributed by atoms with Crippen LogP contribution in [0.1, 0.15) is 30.9 Å². The average molecular weight is 356 g/mol. The third kappa shape index (κ3) is 3.63. The van der Waals surface area contributed by atoms with Gasteiger partial charge in [0.15, 0.2) is 5.13 Å². The number of benzene rings is 1. The summed E-state index contributed by atoms with van der Waals surface area (Å²) in [6, 6.07) is 10.6. The maximum atomic E-state index is 12.8. The molecular weight excluding hydrogens is 332 g/mol. The monoisotopic (exact) mass is 356 g/mol. The normalized spacial score (nSPS) is 19.4. The van der Waals surface area contributed by atoms with Gasteiger partial charge in [0.25, 0.3) is 0 Å². The number of urea groups is 1. The molecule has 1 aliphatic carbocycles. The summed E-state index contributed by atoms with van der Waals surface area (Å²) in [4.78, 5) is 21.4. The zero-order valence-corrected chi connectivity index (χ0v) is 15.1. The first-order valence-electron chi connectivity index (χ1n) is 9.06. The molecule has 6 heteroatoms. The third-order valence-corrected chi connectivity index (χ3v) is 6.15. The molecule has 2 fully saturated rings. The Bertz CT molecular complexity index is 679. The zero-order valence-electron chi connectivity index (χ0n) is 14.3. The van der Waals surface area contributed by atoms with E-state index in [0.717, 1.165) is 31.3 Å². The lowest BCUT2D eigenvalue weighted by Gasteiger charge is -2.38. The molecule has 1 unspecified atom stereocenters. The van der Waals surface area contributed by atoms with E-state index in [4.69, 9.17) is 0 Å². The smallest absolute Gasteiger partial charge is 0.318 e. The number of nitrogens with one attached hydrogen (secondary N) is 1. The second-order valence-electron chi connectivity index (χ2n) is 6.82. The summed E-state index contributed by atoms with van der Waals surface area (Å²) in [6.45, 7) is 3.19. The van der Waals surface area contributed by atoms with Crippen molar-refractivity contribution < 1.29 is 4.79 Å². The molecule has 1 N–H and O–H groups in total. The Hall–Kier alpha value is -2.08. The van der Waals surface area contributed by atoms with E-state index in [0.29, 0.717) is 5.92 Å². The molecule has 1 aromatic heterocycles. The van der Waals surface area contributed by atoms with Crippen molar-refractivity contribution in [3.8, 4) is 0 Å². The second-order valence-corrected chi connectivity index (χ2v) is 7.69. The van der Waals surface area contributed by atoms with Crippen molar-refractivity contribution in [1.29, 1.82) is 0 Å². The van der Waals surface area contributed by atoms with Gasteiger partial charge < -0.3 is 15.1 Å². The fourth-order valence-corrected chi connectivity index (χ4v) is 4.30. The molecule has 1 saturated carbocycles. The van der Waals surface area contributed by atoms with Crippen LogP contribution < -0.4 is 10.2 Å². The Labute approximate surface area is 152 Å². The highest BCUT2D eigenvalue weighted by Gasteiger charge is 2.31. The molecule has 1 aliphatic heterocycles. The van der Waals surface area contributed by atoms with E-state index in [1.54, 1.807) is 11.3 Å². The molecule has 2 aliphatic rings. The number of thiazole rings is 1. The van der Waals surface area contributed by atoms with Gasteiger partial charge in [-0.2, -0.15) is 0 Å². The highest BCUT2D eigenvalue weighted by Crippen LogP contribution is 2.37. The summed E-state index contributed by atoms with van der Waals surface area (Å²) in [5.41, 5.74) is 1.22. The van der Waals surface area contributed by atoms with Gasteiger partial charge in [0.1, 0.15) is 0 Å². The van der Waals surface area contributed by atoms with Crippen molar-refractivity contribution in [2.75, 3.05) is 31.1 Å². The molecule has 132 valence electrons. The Morgan fingerprint density at radius 3 is 2.52 bits per heavy atom. The van der Waals surface area contributed by atoms with E-state index in [1.807, 2.05) is 22.5 Å². The van der Waals surface area contributed by atoms with Gasteiger partial charge in [-0.15, -0.1) is 11.3 Å². The van der Waals surface area contributed by atoms with Gasteiger partial charge in [-0.25, -0.2) is 9.78 Å². The van der Waals surface area contributed by atoms with E-state index >= 15 is 0 Å². The van der Waals surface area contributed by atoms with Crippen LogP contribution in [0.25, 0.3) is 0 Å². The first-order valence-corrected chi connectivity index (χ1v) is 9.94. The summed E-state index contributed by atoms with van der Waals surface area (Å²) < 4.78 is 0. The van der Waals surface area contributed by atoms with E-state index in [1.165, 1.54) is 24.8 Å². The average Bonchev–Trinajstić information content (AvgIpc) is 3.15. The molecule has 4 rings (SSSR count). The minimum absolute atomic E-state index is 0.0690. The van der Waals surface area contributed by atoms with Crippen LogP contribution in [0.15, 0.2) is 41.9 Å². The van der Waals surface area contributed by atoms with E-state index in [-0.39, 0.29) is 12.1 Å². The lowest BCUT2D eigenvalue weighted by molar-refractivity contribution is 0.172. The van der Waals surface area contributed by atoms with Crippen LogP contribution in [0, 0.1) is 5.92 Å². The molecule has 2 amide bonds. The highest BCUT2D eigenvalue weighted by molar-refractivity contribution is 7.13. The van der Waals surface area contributed by atoms with Crippen LogP contribution in [0.4, 0.5) is 9.93 Å². The topological polar surface area (TPSA) is 48.5 Å². The molecule has 1 saturated heterocycles. The van der Waals surface area contributed by atoms with Crippen molar-refractivity contribution in [1.82, 2.24) is 15.2 Å². The molecule has 0 bridgehead atoms. The van der Waals surface area contributed by atoms with Gasteiger partial charge in [0.2, 0.25) is 0 Å². The minimum Gasteiger partial charge on any atom is -0.345 e. The summed E-state index contributed by atoms with van der Waals surface area (Å²) in [5.74, 6) is 0.572. The van der Waals surface area contributed by atoms with Crippen LogP contribution in [-0.4, -0.2) is 42.1 Å². The lowest BCUT2D eigenvalue weighted by Crippen LogP contribution is -2.53. The number of aromatic nitrogens is 1.